The van der Waals surface area contributed by atoms with Gasteiger partial charge in [0, 0.05) is 24.0 Å². The van der Waals surface area contributed by atoms with Crippen LogP contribution >= 0.6 is 11.6 Å². The third kappa shape index (κ3) is 4.77. The Bertz CT molecular complexity index is 1230. The summed E-state index contributed by atoms with van der Waals surface area (Å²) < 4.78 is 1.33. The molecule has 2 amide bonds. The molecule has 0 fully saturated rings. The van der Waals surface area contributed by atoms with E-state index in [2.05, 4.69) is 15.6 Å². The number of nitrogens with zero attached hydrogens (tertiary/aromatic N) is 1. The molecular weight excluding hydrogens is 408 g/mol. The molecule has 0 saturated heterocycles. The van der Waals surface area contributed by atoms with Gasteiger partial charge in [0.2, 0.25) is 5.91 Å². The maximum absolute atomic E-state index is 12.5. The lowest BCUT2D eigenvalue weighted by Gasteiger charge is -2.14. The van der Waals surface area contributed by atoms with Gasteiger partial charge in [0.05, 0.1) is 22.2 Å². The number of hydrogen-bond donors (Lipinski definition) is 3. The zero-order valence-corrected chi connectivity index (χ0v) is 17.2. The molecule has 3 N–H and O–H groups in total. The number of halogens is 1. The molecule has 156 valence electrons. The summed E-state index contributed by atoms with van der Waals surface area (Å²) in [4.78, 5) is 51.3. The lowest BCUT2D eigenvalue weighted by Crippen LogP contribution is -2.32. The molecule has 0 aliphatic heterocycles. The second-order valence-corrected chi connectivity index (χ2v) is 7.48. The molecule has 9 heteroatoms. The largest absolute Gasteiger partial charge is 0.350 e. The van der Waals surface area contributed by atoms with E-state index >= 15 is 0 Å². The first-order valence-corrected chi connectivity index (χ1v) is 9.76. The second-order valence-electron chi connectivity index (χ2n) is 7.04. The number of carbonyl (C=O) groups excluding carboxylic acids is 2. The summed E-state index contributed by atoms with van der Waals surface area (Å²) in [5.74, 6) is -0.738. The van der Waals surface area contributed by atoms with E-state index in [4.69, 9.17) is 11.6 Å². The second kappa shape index (κ2) is 8.96. The van der Waals surface area contributed by atoms with Crippen LogP contribution in [0.2, 0.25) is 5.02 Å². The van der Waals surface area contributed by atoms with Crippen LogP contribution in [0.25, 0.3) is 10.9 Å². The molecule has 8 nitrogen and oxygen atoms in total. The number of aromatic amines is 1. The standard InChI is InChI=1S/C21H21ClN4O4/c1-12(2)23-19(28)14-8-7-13(22)11-16(14)24-18(27)9-10-26-17-6-4-3-5-15(17)20(29)25-21(26)30/h3-8,11-12H,9-10H2,1-2H3,(H,23,28)(H,24,27)(H,25,29,30). The first kappa shape index (κ1) is 21.3. The number of amides is 2. The molecule has 0 bridgehead atoms. The number of aromatic nitrogens is 2. The van der Waals surface area contributed by atoms with E-state index in [1.165, 1.54) is 16.7 Å². The monoisotopic (exact) mass is 428 g/mol. The van der Waals surface area contributed by atoms with E-state index in [0.29, 0.717) is 15.9 Å². The molecular formula is C21H21ClN4O4. The molecule has 0 unspecified atom stereocenters. The molecule has 3 rings (SSSR count). The smallest absolute Gasteiger partial charge is 0.328 e. The van der Waals surface area contributed by atoms with Gasteiger partial charge in [-0.25, -0.2) is 4.79 Å². The van der Waals surface area contributed by atoms with Crippen LogP contribution in [0, 0.1) is 0 Å². The summed E-state index contributed by atoms with van der Waals surface area (Å²) in [7, 11) is 0. The highest BCUT2D eigenvalue weighted by Gasteiger charge is 2.16. The van der Waals surface area contributed by atoms with Gasteiger partial charge in [-0.2, -0.15) is 0 Å². The van der Waals surface area contributed by atoms with Gasteiger partial charge in [-0.1, -0.05) is 23.7 Å². The highest BCUT2D eigenvalue weighted by atomic mass is 35.5. The molecule has 3 aromatic rings. The van der Waals surface area contributed by atoms with Crippen molar-refractivity contribution in [1.29, 1.82) is 0 Å². The highest BCUT2D eigenvalue weighted by Crippen LogP contribution is 2.21. The van der Waals surface area contributed by atoms with Crippen molar-refractivity contribution in [3.8, 4) is 0 Å². The van der Waals surface area contributed by atoms with Crippen molar-refractivity contribution in [1.82, 2.24) is 14.9 Å². The predicted octanol–water partition coefficient (Wildman–Crippen LogP) is 2.51. The van der Waals surface area contributed by atoms with Crippen molar-refractivity contribution < 1.29 is 9.59 Å². The summed E-state index contributed by atoms with van der Waals surface area (Å²) in [6.45, 7) is 3.71. The Morgan fingerprint density at radius 3 is 2.60 bits per heavy atom. The number of H-pyrrole nitrogens is 1. The Labute approximate surface area is 176 Å². The zero-order chi connectivity index (χ0) is 21.8. The van der Waals surface area contributed by atoms with Crippen LogP contribution in [0.3, 0.4) is 0 Å². The number of rotatable bonds is 6. The van der Waals surface area contributed by atoms with Gasteiger partial charge in [0.15, 0.2) is 0 Å². The van der Waals surface area contributed by atoms with Crippen LogP contribution < -0.4 is 21.9 Å². The van der Waals surface area contributed by atoms with Gasteiger partial charge in [-0.05, 0) is 44.2 Å². The third-order valence-electron chi connectivity index (χ3n) is 4.39. The number of carbonyl (C=O) groups is 2. The number of anilines is 1. The molecule has 30 heavy (non-hydrogen) atoms. The van der Waals surface area contributed by atoms with Crippen LogP contribution in [-0.4, -0.2) is 27.4 Å². The quantitative estimate of drug-likeness (QED) is 0.559. The van der Waals surface area contributed by atoms with Crippen LogP contribution in [0.1, 0.15) is 30.6 Å². The Morgan fingerprint density at radius 2 is 1.87 bits per heavy atom. The van der Waals surface area contributed by atoms with Crippen LogP contribution in [0.4, 0.5) is 5.69 Å². The Morgan fingerprint density at radius 1 is 1.13 bits per heavy atom. The molecule has 0 radical (unpaired) electrons. The fourth-order valence-corrected chi connectivity index (χ4v) is 3.22. The van der Waals surface area contributed by atoms with Gasteiger partial charge in [-0.3, -0.25) is 23.9 Å². The van der Waals surface area contributed by atoms with E-state index in [1.54, 1.807) is 30.3 Å². The van der Waals surface area contributed by atoms with Crippen LogP contribution in [-0.2, 0) is 11.3 Å². The van der Waals surface area contributed by atoms with Crippen molar-refractivity contribution in [2.75, 3.05) is 5.32 Å². The fourth-order valence-electron chi connectivity index (χ4n) is 3.05. The maximum atomic E-state index is 12.5. The average molecular weight is 429 g/mol. The summed E-state index contributed by atoms with van der Waals surface area (Å²) in [5, 5.41) is 6.18. The number of nitrogens with one attached hydrogen (secondary N) is 3. The zero-order valence-electron chi connectivity index (χ0n) is 16.5. The highest BCUT2D eigenvalue weighted by molar-refractivity contribution is 6.31. The number of hydrogen-bond acceptors (Lipinski definition) is 4. The normalized spacial score (nSPS) is 10.9. The van der Waals surface area contributed by atoms with Gasteiger partial charge < -0.3 is 10.6 Å². The predicted molar refractivity (Wildman–Crippen MR) is 116 cm³/mol. The third-order valence-corrected chi connectivity index (χ3v) is 4.62. The van der Waals surface area contributed by atoms with Crippen molar-refractivity contribution in [3.63, 3.8) is 0 Å². The molecule has 0 aliphatic rings. The Hall–Kier alpha value is -3.39. The summed E-state index contributed by atoms with van der Waals surface area (Å²) in [6.07, 6.45) is -0.0479. The van der Waals surface area contributed by atoms with E-state index < -0.39 is 17.2 Å². The van der Waals surface area contributed by atoms with E-state index in [0.717, 1.165) is 0 Å². The van der Waals surface area contributed by atoms with Gasteiger partial charge in [-0.15, -0.1) is 0 Å². The number of aryl methyl sites for hydroxylation is 1. The SMILES string of the molecule is CC(C)NC(=O)c1ccc(Cl)cc1NC(=O)CCn1c(=O)[nH]c(=O)c2ccccc21. The molecule has 0 spiro atoms. The van der Waals surface area contributed by atoms with Crippen LogP contribution in [0.5, 0.6) is 0 Å². The minimum atomic E-state index is -0.591. The topological polar surface area (TPSA) is 113 Å². The summed E-state index contributed by atoms with van der Waals surface area (Å²) >= 11 is 6.02. The van der Waals surface area contributed by atoms with Crippen LogP contribution in [0.15, 0.2) is 52.1 Å². The molecule has 0 saturated carbocycles. The minimum absolute atomic E-state index is 0.0479. The minimum Gasteiger partial charge on any atom is -0.350 e. The molecule has 0 aliphatic carbocycles. The number of benzene rings is 2. The van der Waals surface area contributed by atoms with Crippen molar-refractivity contribution in [2.24, 2.45) is 0 Å². The summed E-state index contributed by atoms with van der Waals surface area (Å²) in [5.41, 5.74) is -0.0569. The molecule has 2 aromatic carbocycles. The summed E-state index contributed by atoms with van der Waals surface area (Å²) in [6, 6.07) is 11.2. The first-order valence-electron chi connectivity index (χ1n) is 9.38. The Kier molecular flexibility index (Phi) is 6.37. The van der Waals surface area contributed by atoms with Gasteiger partial charge in [0.1, 0.15) is 0 Å². The fraction of sp³-hybridized carbons (Fsp3) is 0.238. The van der Waals surface area contributed by atoms with Crippen molar-refractivity contribution in [2.45, 2.75) is 32.9 Å². The number of fused-ring (bicyclic) bond motifs is 1. The average Bonchev–Trinajstić information content (AvgIpc) is 2.67. The number of para-hydroxylation sites is 1. The van der Waals surface area contributed by atoms with E-state index in [9.17, 15) is 19.2 Å². The lowest BCUT2D eigenvalue weighted by molar-refractivity contribution is -0.116. The Balaban J connectivity index is 1.80. The van der Waals surface area contributed by atoms with Crippen molar-refractivity contribution >= 4 is 40.0 Å². The van der Waals surface area contributed by atoms with E-state index in [-0.39, 0.29) is 36.2 Å². The molecule has 1 aromatic heterocycles. The van der Waals surface area contributed by atoms with E-state index in [1.807, 2.05) is 13.8 Å². The lowest BCUT2D eigenvalue weighted by atomic mass is 10.1. The molecule has 0 atom stereocenters. The van der Waals surface area contributed by atoms with Gasteiger partial charge in [0.25, 0.3) is 11.5 Å². The molecule has 1 heterocycles. The first-order chi connectivity index (χ1) is 14.3. The van der Waals surface area contributed by atoms with Gasteiger partial charge >= 0.3 is 5.69 Å². The van der Waals surface area contributed by atoms with Crippen molar-refractivity contribution in [3.05, 3.63) is 73.9 Å². The maximum Gasteiger partial charge on any atom is 0.328 e.